The van der Waals surface area contributed by atoms with Crippen molar-refractivity contribution in [2.24, 2.45) is 0 Å². The summed E-state index contributed by atoms with van der Waals surface area (Å²) in [6, 6.07) is 11.6. The Morgan fingerprint density at radius 1 is 1.00 bits per heavy atom. The number of likely N-dealkylation sites (tertiary alicyclic amines) is 2. The number of fused-ring (bicyclic) bond motifs is 1. The maximum absolute atomic E-state index is 4.49. The van der Waals surface area contributed by atoms with Crippen LogP contribution < -0.4 is 0 Å². The van der Waals surface area contributed by atoms with Gasteiger partial charge >= 0.3 is 0 Å². The molecule has 0 N–H and O–H groups in total. The molecule has 0 radical (unpaired) electrons. The summed E-state index contributed by atoms with van der Waals surface area (Å²) in [5.74, 6) is 0. The fraction of sp³-hybridized carbons (Fsp3) is 0.526. The molecule has 0 amide bonds. The van der Waals surface area contributed by atoms with Gasteiger partial charge in [0.15, 0.2) is 0 Å². The lowest BCUT2D eigenvalue weighted by molar-refractivity contribution is 0.111. The first-order chi connectivity index (χ1) is 10.9. The van der Waals surface area contributed by atoms with E-state index in [1.165, 1.54) is 62.8 Å². The molecule has 0 aliphatic carbocycles. The van der Waals surface area contributed by atoms with Gasteiger partial charge in [-0.15, -0.1) is 0 Å². The summed E-state index contributed by atoms with van der Waals surface area (Å²) >= 11 is 0. The standard InChI is InChI=1S/C19H25N3/c1-2-13-22(12-1)17-7-5-11-21(15-17)14-16-6-3-9-19-18(16)8-4-10-20-19/h3-4,6,8-10,17H,1-2,5,7,11-15H2. The Morgan fingerprint density at radius 3 is 2.82 bits per heavy atom. The maximum Gasteiger partial charge on any atom is 0.0705 e. The topological polar surface area (TPSA) is 19.4 Å². The van der Waals surface area contributed by atoms with Gasteiger partial charge in [0.1, 0.15) is 0 Å². The van der Waals surface area contributed by atoms with Crippen molar-refractivity contribution in [3.8, 4) is 0 Å². The smallest absolute Gasteiger partial charge is 0.0705 e. The third-order valence-corrected chi connectivity index (χ3v) is 5.27. The van der Waals surface area contributed by atoms with E-state index >= 15 is 0 Å². The summed E-state index contributed by atoms with van der Waals surface area (Å²) in [6.07, 6.45) is 7.39. The molecule has 116 valence electrons. The predicted molar refractivity (Wildman–Crippen MR) is 90.8 cm³/mol. The lowest BCUT2D eigenvalue weighted by atomic mass is 10.0. The third-order valence-electron chi connectivity index (χ3n) is 5.27. The Kier molecular flexibility index (Phi) is 4.09. The van der Waals surface area contributed by atoms with E-state index in [-0.39, 0.29) is 0 Å². The number of pyridine rings is 1. The van der Waals surface area contributed by atoms with Crippen LogP contribution >= 0.6 is 0 Å². The molecule has 3 heterocycles. The highest BCUT2D eigenvalue weighted by atomic mass is 15.2. The predicted octanol–water partition coefficient (Wildman–Crippen LogP) is 3.30. The van der Waals surface area contributed by atoms with Crippen molar-refractivity contribution < 1.29 is 0 Å². The molecule has 0 saturated carbocycles. The van der Waals surface area contributed by atoms with E-state index in [1.54, 1.807) is 0 Å². The van der Waals surface area contributed by atoms with Crippen LogP contribution in [0.5, 0.6) is 0 Å². The minimum atomic E-state index is 0.782. The number of piperidine rings is 1. The number of nitrogens with zero attached hydrogens (tertiary/aromatic N) is 3. The average Bonchev–Trinajstić information content (AvgIpc) is 3.10. The van der Waals surface area contributed by atoms with Crippen molar-refractivity contribution in [2.75, 3.05) is 26.2 Å². The van der Waals surface area contributed by atoms with Gasteiger partial charge in [-0.1, -0.05) is 18.2 Å². The largest absolute Gasteiger partial charge is 0.299 e. The molecule has 1 aromatic carbocycles. The van der Waals surface area contributed by atoms with Crippen molar-refractivity contribution in [1.82, 2.24) is 14.8 Å². The maximum atomic E-state index is 4.49. The van der Waals surface area contributed by atoms with Crippen LogP contribution in [-0.4, -0.2) is 47.0 Å². The molecular formula is C19H25N3. The number of rotatable bonds is 3. The molecule has 2 fully saturated rings. The number of hydrogen-bond donors (Lipinski definition) is 0. The van der Waals surface area contributed by atoms with Crippen LogP contribution in [0.25, 0.3) is 10.9 Å². The molecule has 1 atom stereocenters. The van der Waals surface area contributed by atoms with Gasteiger partial charge in [-0.05, 0) is 63.0 Å². The summed E-state index contributed by atoms with van der Waals surface area (Å²) in [7, 11) is 0. The van der Waals surface area contributed by atoms with Crippen LogP contribution in [0.15, 0.2) is 36.5 Å². The molecule has 0 bridgehead atoms. The highest BCUT2D eigenvalue weighted by Gasteiger charge is 2.27. The van der Waals surface area contributed by atoms with E-state index < -0.39 is 0 Å². The molecule has 2 aliphatic heterocycles. The number of hydrogen-bond acceptors (Lipinski definition) is 3. The minimum absolute atomic E-state index is 0.782. The lowest BCUT2D eigenvalue weighted by Crippen LogP contribution is -2.46. The quantitative estimate of drug-likeness (QED) is 0.866. The Bertz CT molecular complexity index is 628. The zero-order valence-electron chi connectivity index (χ0n) is 13.2. The van der Waals surface area contributed by atoms with Crippen LogP contribution in [-0.2, 0) is 6.54 Å². The highest BCUT2D eigenvalue weighted by Crippen LogP contribution is 2.23. The second kappa shape index (κ2) is 6.35. The fourth-order valence-electron chi connectivity index (χ4n) is 4.13. The molecule has 4 rings (SSSR count). The average molecular weight is 295 g/mol. The van der Waals surface area contributed by atoms with Crippen molar-refractivity contribution in [3.05, 3.63) is 42.1 Å². The molecule has 2 aromatic rings. The molecule has 2 saturated heterocycles. The zero-order valence-corrected chi connectivity index (χ0v) is 13.2. The zero-order chi connectivity index (χ0) is 14.8. The summed E-state index contributed by atoms with van der Waals surface area (Å²) in [5, 5.41) is 1.31. The molecule has 2 aliphatic rings. The van der Waals surface area contributed by atoms with Crippen molar-refractivity contribution in [1.29, 1.82) is 0 Å². The Balaban J connectivity index is 1.49. The van der Waals surface area contributed by atoms with Gasteiger partial charge in [0.2, 0.25) is 0 Å². The van der Waals surface area contributed by atoms with Crippen LogP contribution in [0, 0.1) is 0 Å². The lowest BCUT2D eigenvalue weighted by Gasteiger charge is -2.37. The molecule has 3 heteroatoms. The molecule has 1 unspecified atom stereocenters. The van der Waals surface area contributed by atoms with Crippen molar-refractivity contribution in [2.45, 2.75) is 38.3 Å². The van der Waals surface area contributed by atoms with Crippen LogP contribution in [0.1, 0.15) is 31.2 Å². The van der Waals surface area contributed by atoms with Crippen LogP contribution in [0.4, 0.5) is 0 Å². The third kappa shape index (κ3) is 2.88. The monoisotopic (exact) mass is 295 g/mol. The summed E-state index contributed by atoms with van der Waals surface area (Å²) in [5.41, 5.74) is 2.54. The van der Waals surface area contributed by atoms with Crippen LogP contribution in [0.3, 0.4) is 0 Å². The highest BCUT2D eigenvalue weighted by molar-refractivity contribution is 5.81. The van der Waals surface area contributed by atoms with Gasteiger partial charge < -0.3 is 0 Å². The molecular weight excluding hydrogens is 270 g/mol. The van der Waals surface area contributed by atoms with E-state index in [1.807, 2.05) is 6.20 Å². The summed E-state index contributed by atoms with van der Waals surface area (Å²) in [6.45, 7) is 6.17. The second-order valence-electron chi connectivity index (χ2n) is 6.76. The van der Waals surface area contributed by atoms with E-state index in [2.05, 4.69) is 45.1 Å². The van der Waals surface area contributed by atoms with Gasteiger partial charge in [-0.3, -0.25) is 14.8 Å². The van der Waals surface area contributed by atoms with E-state index in [4.69, 9.17) is 0 Å². The van der Waals surface area contributed by atoms with Crippen LogP contribution in [0.2, 0.25) is 0 Å². The Morgan fingerprint density at radius 2 is 1.91 bits per heavy atom. The van der Waals surface area contributed by atoms with Gasteiger partial charge in [-0.25, -0.2) is 0 Å². The molecule has 22 heavy (non-hydrogen) atoms. The first-order valence-electron chi connectivity index (χ1n) is 8.69. The minimum Gasteiger partial charge on any atom is -0.299 e. The van der Waals surface area contributed by atoms with E-state index in [0.29, 0.717) is 0 Å². The molecule has 0 spiro atoms. The molecule has 1 aromatic heterocycles. The van der Waals surface area contributed by atoms with Gasteiger partial charge in [0.05, 0.1) is 5.52 Å². The van der Waals surface area contributed by atoms with Crippen molar-refractivity contribution >= 4 is 10.9 Å². The SMILES string of the molecule is c1cc(CN2CCCC(N3CCCC3)C2)c2cccnc2c1. The summed E-state index contributed by atoms with van der Waals surface area (Å²) in [4.78, 5) is 9.85. The molecule has 3 nitrogen and oxygen atoms in total. The first-order valence-corrected chi connectivity index (χ1v) is 8.69. The fourth-order valence-corrected chi connectivity index (χ4v) is 4.13. The summed E-state index contributed by atoms with van der Waals surface area (Å²) < 4.78 is 0. The Hall–Kier alpha value is -1.45. The first kappa shape index (κ1) is 14.2. The van der Waals surface area contributed by atoms with Gasteiger partial charge in [-0.2, -0.15) is 0 Å². The number of benzene rings is 1. The normalized spacial score (nSPS) is 24.1. The van der Waals surface area contributed by atoms with Crippen molar-refractivity contribution in [3.63, 3.8) is 0 Å². The van der Waals surface area contributed by atoms with E-state index in [0.717, 1.165) is 18.1 Å². The van der Waals surface area contributed by atoms with Gasteiger partial charge in [0, 0.05) is 30.7 Å². The Labute approximate surface area is 132 Å². The second-order valence-corrected chi connectivity index (χ2v) is 6.76. The number of aromatic nitrogens is 1. The van der Waals surface area contributed by atoms with Gasteiger partial charge in [0.25, 0.3) is 0 Å². The van der Waals surface area contributed by atoms with E-state index in [9.17, 15) is 0 Å².